The Morgan fingerprint density at radius 2 is 1.68 bits per heavy atom. The molecule has 0 N–H and O–H groups in total. The molecule has 1 fully saturated rings. The van der Waals surface area contributed by atoms with E-state index in [4.69, 9.17) is 9.31 Å². The van der Waals surface area contributed by atoms with Crippen molar-refractivity contribution in [2.45, 2.75) is 6.36 Å². The molecule has 10 heteroatoms. The molecule has 1 heterocycles. The molecule has 22 heavy (non-hydrogen) atoms. The normalized spacial score (nSPS) is 17.4. The van der Waals surface area contributed by atoms with Crippen LogP contribution in [0.1, 0.15) is 0 Å². The number of halogens is 3. The van der Waals surface area contributed by atoms with Crippen molar-refractivity contribution in [3.8, 4) is 5.75 Å². The van der Waals surface area contributed by atoms with Gasteiger partial charge in [0.1, 0.15) is 5.75 Å². The molecule has 1 aromatic carbocycles. The summed E-state index contributed by atoms with van der Waals surface area (Å²) < 4.78 is 50.8. The first kappa shape index (κ1) is 16.2. The highest BCUT2D eigenvalue weighted by atomic mass is 19.4. The maximum absolute atomic E-state index is 12.4. The summed E-state index contributed by atoms with van der Waals surface area (Å²) >= 11 is 0. The molecule has 0 unspecified atom stereocenters. The van der Waals surface area contributed by atoms with Crippen LogP contribution in [0.5, 0.6) is 5.75 Å². The zero-order valence-electron chi connectivity index (χ0n) is 11.4. The number of alkyl halides is 3. The van der Waals surface area contributed by atoms with E-state index in [1.807, 2.05) is 0 Å². The van der Waals surface area contributed by atoms with Crippen LogP contribution < -0.4 is 10.2 Å². The summed E-state index contributed by atoms with van der Waals surface area (Å²) in [5.41, 5.74) is -0.203. The van der Waals surface area contributed by atoms with Gasteiger partial charge in [0.2, 0.25) is 0 Å². The second-order valence-electron chi connectivity index (χ2n) is 4.57. The fourth-order valence-corrected chi connectivity index (χ4v) is 1.85. The Balaban J connectivity index is 2.29. The molecule has 1 saturated heterocycles. The first-order chi connectivity index (χ1) is 10.2. The van der Waals surface area contributed by atoms with E-state index in [-0.39, 0.29) is 18.6 Å². The third kappa shape index (κ3) is 4.38. The molecule has 1 aliphatic heterocycles. The molecule has 0 bridgehead atoms. The van der Waals surface area contributed by atoms with E-state index < -0.39 is 31.2 Å². The van der Waals surface area contributed by atoms with Gasteiger partial charge in [0.05, 0.1) is 18.6 Å². The topological polar surface area (TPSA) is 65.1 Å². The number of rotatable bonds is 2. The lowest BCUT2D eigenvalue weighted by Crippen LogP contribution is -2.48. The van der Waals surface area contributed by atoms with E-state index in [2.05, 4.69) is 4.74 Å². The van der Waals surface area contributed by atoms with Crippen molar-refractivity contribution in [2.75, 3.05) is 20.1 Å². The van der Waals surface area contributed by atoms with Crippen LogP contribution in [-0.4, -0.2) is 50.5 Å². The van der Waals surface area contributed by atoms with E-state index >= 15 is 0 Å². The van der Waals surface area contributed by atoms with Crippen LogP contribution in [0.4, 0.5) is 13.2 Å². The summed E-state index contributed by atoms with van der Waals surface area (Å²) in [7, 11) is -0.0870. The number of benzene rings is 1. The van der Waals surface area contributed by atoms with Crippen molar-refractivity contribution in [1.29, 1.82) is 0 Å². The molecule has 0 amide bonds. The Labute approximate surface area is 123 Å². The average molecular weight is 317 g/mol. The minimum absolute atomic E-state index is 0.187. The van der Waals surface area contributed by atoms with Gasteiger partial charge >= 0.3 is 25.4 Å². The fraction of sp³-hybridized carbons (Fsp3) is 0.333. The number of para-hydroxylation sites is 1. The lowest BCUT2D eigenvalue weighted by Gasteiger charge is -2.23. The Bertz CT molecular complexity index is 560. The van der Waals surface area contributed by atoms with E-state index in [0.717, 1.165) is 6.07 Å². The lowest BCUT2D eigenvalue weighted by atomic mass is 9.77. The third-order valence-electron chi connectivity index (χ3n) is 2.67. The van der Waals surface area contributed by atoms with E-state index in [1.54, 1.807) is 0 Å². The monoisotopic (exact) mass is 317 g/mol. The Kier molecular flexibility index (Phi) is 4.60. The quantitative estimate of drug-likeness (QED) is 0.732. The largest absolute Gasteiger partial charge is 0.640 e. The van der Waals surface area contributed by atoms with Crippen LogP contribution in [-0.2, 0) is 18.9 Å². The van der Waals surface area contributed by atoms with E-state index in [9.17, 15) is 22.8 Å². The van der Waals surface area contributed by atoms with Gasteiger partial charge in [-0.2, -0.15) is 0 Å². The van der Waals surface area contributed by atoms with Crippen LogP contribution in [0.2, 0.25) is 0 Å². The molecule has 6 nitrogen and oxygen atoms in total. The van der Waals surface area contributed by atoms with Gasteiger partial charge in [-0.15, -0.1) is 13.2 Å². The van der Waals surface area contributed by atoms with Crippen molar-refractivity contribution < 1.29 is 36.8 Å². The van der Waals surface area contributed by atoms with E-state index in [0.29, 0.717) is 0 Å². The van der Waals surface area contributed by atoms with Gasteiger partial charge in [0.25, 0.3) is 0 Å². The average Bonchev–Trinajstić information content (AvgIpc) is 2.34. The van der Waals surface area contributed by atoms with Gasteiger partial charge in [0.15, 0.2) is 0 Å². The highest BCUT2D eigenvalue weighted by molar-refractivity contribution is 6.65. The summed E-state index contributed by atoms with van der Waals surface area (Å²) in [6.45, 7) is -0.373. The lowest BCUT2D eigenvalue weighted by molar-refractivity contribution is -0.274. The molecule has 0 aliphatic carbocycles. The molecule has 0 aromatic heterocycles. The molecule has 1 aliphatic rings. The summed E-state index contributed by atoms with van der Waals surface area (Å²) in [4.78, 5) is 24.6. The summed E-state index contributed by atoms with van der Waals surface area (Å²) in [6.07, 6.45) is -4.92. The SMILES string of the molecule is CN1CC(=O)OB(c2ccccc2OC(F)(F)F)OC(=O)C1. The Morgan fingerprint density at radius 3 is 2.23 bits per heavy atom. The predicted octanol–water partition coefficient (Wildman–Crippen LogP) is 0.312. The zero-order chi connectivity index (χ0) is 16.3. The number of carbonyl (C=O) groups excluding carboxylic acids is 2. The first-order valence-corrected chi connectivity index (χ1v) is 6.17. The maximum Gasteiger partial charge on any atom is 0.640 e. The van der Waals surface area contributed by atoms with Crippen molar-refractivity contribution in [1.82, 2.24) is 4.90 Å². The minimum atomic E-state index is -4.92. The van der Waals surface area contributed by atoms with Crippen molar-refractivity contribution in [2.24, 2.45) is 0 Å². The molecular formula is C12H11BF3NO5. The highest BCUT2D eigenvalue weighted by Crippen LogP contribution is 2.21. The molecule has 1 aromatic rings. The Hall–Kier alpha value is -2.23. The van der Waals surface area contributed by atoms with Crippen LogP contribution >= 0.6 is 0 Å². The predicted molar refractivity (Wildman–Crippen MR) is 68.2 cm³/mol. The fourth-order valence-electron chi connectivity index (χ4n) is 1.85. The summed E-state index contributed by atoms with van der Waals surface area (Å²) in [5, 5.41) is 0. The van der Waals surface area contributed by atoms with Gasteiger partial charge in [-0.05, 0) is 13.1 Å². The van der Waals surface area contributed by atoms with Gasteiger partial charge < -0.3 is 14.0 Å². The van der Waals surface area contributed by atoms with Gasteiger partial charge in [-0.1, -0.05) is 18.2 Å². The second kappa shape index (κ2) is 6.26. The van der Waals surface area contributed by atoms with Crippen molar-refractivity contribution in [3.05, 3.63) is 24.3 Å². The van der Waals surface area contributed by atoms with Crippen LogP contribution in [0.15, 0.2) is 24.3 Å². The number of nitrogens with zero attached hydrogens (tertiary/aromatic N) is 1. The summed E-state index contributed by atoms with van der Waals surface area (Å²) in [5.74, 6) is -2.07. The molecule has 0 saturated carbocycles. The van der Waals surface area contributed by atoms with Gasteiger partial charge in [-0.25, -0.2) is 0 Å². The highest BCUT2D eigenvalue weighted by Gasteiger charge is 2.39. The summed E-state index contributed by atoms with van der Waals surface area (Å²) in [6, 6.07) is 4.98. The van der Waals surface area contributed by atoms with Crippen molar-refractivity contribution in [3.63, 3.8) is 0 Å². The van der Waals surface area contributed by atoms with E-state index in [1.165, 1.54) is 30.1 Å². The molecule has 118 valence electrons. The minimum Gasteiger partial charge on any atom is -0.494 e. The maximum atomic E-state index is 12.4. The molecular weight excluding hydrogens is 306 g/mol. The molecule has 0 spiro atoms. The second-order valence-corrected chi connectivity index (χ2v) is 4.57. The van der Waals surface area contributed by atoms with Gasteiger partial charge in [-0.3, -0.25) is 14.5 Å². The van der Waals surface area contributed by atoms with Crippen LogP contribution in [0, 0.1) is 0 Å². The molecule has 0 radical (unpaired) electrons. The number of likely N-dealkylation sites (N-methyl/N-ethyl adjacent to an activating group) is 1. The standard InChI is InChI=1S/C12H11BF3NO5/c1-17-6-10(18)21-13(22-11(19)7-17)8-4-2-3-5-9(8)20-12(14,15)16/h2-5H,6-7H2,1H3. The Morgan fingerprint density at radius 1 is 1.14 bits per heavy atom. The molecule has 2 rings (SSSR count). The van der Waals surface area contributed by atoms with Gasteiger partial charge in [0, 0.05) is 0 Å². The van der Waals surface area contributed by atoms with Crippen LogP contribution in [0.3, 0.4) is 0 Å². The number of hydrogen-bond acceptors (Lipinski definition) is 6. The van der Waals surface area contributed by atoms with Crippen molar-refractivity contribution >= 4 is 24.5 Å². The number of hydrogen-bond donors (Lipinski definition) is 0. The number of ether oxygens (including phenoxy) is 1. The van der Waals surface area contributed by atoms with Crippen LogP contribution in [0.25, 0.3) is 0 Å². The smallest absolute Gasteiger partial charge is 0.494 e. The molecule has 0 atom stereocenters. The first-order valence-electron chi connectivity index (χ1n) is 6.17. The third-order valence-corrected chi connectivity index (χ3v) is 2.67. The zero-order valence-corrected chi connectivity index (χ0v) is 11.4. The number of carbonyl (C=O) groups is 2.